The zero-order valence-corrected chi connectivity index (χ0v) is 16.1. The van der Waals surface area contributed by atoms with Gasteiger partial charge in [-0.05, 0) is 66.7 Å². The van der Waals surface area contributed by atoms with Gasteiger partial charge in [0.15, 0.2) is 0 Å². The van der Waals surface area contributed by atoms with Crippen molar-refractivity contribution in [2.75, 3.05) is 26.0 Å². The second-order valence-electron chi connectivity index (χ2n) is 5.97. The SMILES string of the molecule is CCCCOc1ccc(C(=O)Nc2ccc(SC(=O)N(C)C)cc2)cc1. The molecule has 2 aromatic carbocycles. The number of nitrogens with zero attached hydrogens (tertiary/aromatic N) is 1. The molecular weight excluding hydrogens is 348 g/mol. The van der Waals surface area contributed by atoms with Gasteiger partial charge in [0.2, 0.25) is 0 Å². The van der Waals surface area contributed by atoms with Gasteiger partial charge in [0, 0.05) is 30.2 Å². The summed E-state index contributed by atoms with van der Waals surface area (Å²) in [7, 11) is 3.42. The molecule has 0 heterocycles. The molecule has 26 heavy (non-hydrogen) atoms. The molecule has 0 aliphatic rings. The van der Waals surface area contributed by atoms with Crippen LogP contribution in [0.15, 0.2) is 53.4 Å². The van der Waals surface area contributed by atoms with Crippen molar-refractivity contribution in [1.29, 1.82) is 0 Å². The molecule has 0 unspecified atom stereocenters. The highest BCUT2D eigenvalue weighted by Crippen LogP contribution is 2.23. The standard InChI is InChI=1S/C20H24N2O3S/c1-4-5-14-25-17-10-6-15(7-11-17)19(23)21-16-8-12-18(13-9-16)26-20(24)22(2)3/h6-13H,4-5,14H2,1-3H3,(H,21,23). The van der Waals surface area contributed by atoms with E-state index in [1.165, 1.54) is 4.90 Å². The van der Waals surface area contributed by atoms with E-state index < -0.39 is 0 Å². The Labute approximate surface area is 158 Å². The second kappa shape index (κ2) is 9.87. The van der Waals surface area contributed by atoms with Crippen molar-refractivity contribution in [3.05, 3.63) is 54.1 Å². The molecule has 5 nitrogen and oxygen atoms in total. The third-order valence-electron chi connectivity index (χ3n) is 3.57. The average Bonchev–Trinajstić information content (AvgIpc) is 2.64. The van der Waals surface area contributed by atoms with Gasteiger partial charge in [-0.25, -0.2) is 0 Å². The van der Waals surface area contributed by atoms with E-state index >= 15 is 0 Å². The lowest BCUT2D eigenvalue weighted by molar-refractivity contribution is 0.102. The Morgan fingerprint density at radius 3 is 2.27 bits per heavy atom. The number of amides is 2. The first-order valence-electron chi connectivity index (χ1n) is 8.53. The molecule has 138 valence electrons. The van der Waals surface area contributed by atoms with Crippen LogP contribution in [-0.4, -0.2) is 36.7 Å². The number of ether oxygens (including phenoxy) is 1. The fourth-order valence-corrected chi connectivity index (χ4v) is 2.69. The smallest absolute Gasteiger partial charge is 0.285 e. The van der Waals surface area contributed by atoms with E-state index in [-0.39, 0.29) is 11.1 Å². The van der Waals surface area contributed by atoms with Gasteiger partial charge in [0.25, 0.3) is 11.1 Å². The molecule has 0 aliphatic carbocycles. The minimum Gasteiger partial charge on any atom is -0.494 e. The number of carbonyl (C=O) groups excluding carboxylic acids is 2. The number of hydrogen-bond donors (Lipinski definition) is 1. The van der Waals surface area contributed by atoms with Crippen LogP contribution >= 0.6 is 11.8 Å². The highest BCUT2D eigenvalue weighted by Gasteiger charge is 2.09. The highest BCUT2D eigenvalue weighted by molar-refractivity contribution is 8.13. The number of benzene rings is 2. The Morgan fingerprint density at radius 1 is 1.04 bits per heavy atom. The van der Waals surface area contributed by atoms with Crippen LogP contribution in [0.3, 0.4) is 0 Å². The number of unbranched alkanes of at least 4 members (excludes halogenated alkanes) is 1. The Balaban J connectivity index is 1.91. The van der Waals surface area contributed by atoms with E-state index in [1.54, 1.807) is 50.5 Å². The predicted octanol–water partition coefficient (Wildman–Crippen LogP) is 4.89. The quantitative estimate of drug-likeness (QED) is 0.555. The van der Waals surface area contributed by atoms with E-state index in [9.17, 15) is 9.59 Å². The molecule has 0 spiro atoms. The van der Waals surface area contributed by atoms with Gasteiger partial charge >= 0.3 is 0 Å². The number of anilines is 1. The van der Waals surface area contributed by atoms with Gasteiger partial charge in [0.1, 0.15) is 5.75 Å². The van der Waals surface area contributed by atoms with Gasteiger partial charge in [0.05, 0.1) is 6.61 Å². The maximum atomic E-state index is 12.3. The summed E-state index contributed by atoms with van der Waals surface area (Å²) >= 11 is 1.15. The van der Waals surface area contributed by atoms with E-state index in [0.717, 1.165) is 35.2 Å². The summed E-state index contributed by atoms with van der Waals surface area (Å²) in [5.41, 5.74) is 1.24. The number of hydrogen-bond acceptors (Lipinski definition) is 4. The number of carbonyl (C=O) groups is 2. The van der Waals surface area contributed by atoms with Gasteiger partial charge in [-0.15, -0.1) is 0 Å². The largest absolute Gasteiger partial charge is 0.494 e. The van der Waals surface area contributed by atoms with Crippen LogP contribution in [0.1, 0.15) is 30.1 Å². The minimum atomic E-state index is -0.185. The second-order valence-corrected chi connectivity index (χ2v) is 6.99. The molecule has 2 rings (SSSR count). The van der Waals surface area contributed by atoms with Gasteiger partial charge in [-0.1, -0.05) is 13.3 Å². The highest BCUT2D eigenvalue weighted by atomic mass is 32.2. The molecule has 0 saturated carbocycles. The van der Waals surface area contributed by atoms with Crippen LogP contribution in [0.2, 0.25) is 0 Å². The summed E-state index contributed by atoms with van der Waals surface area (Å²) in [6, 6.07) is 14.3. The summed E-state index contributed by atoms with van der Waals surface area (Å²) in [4.78, 5) is 26.4. The zero-order valence-electron chi connectivity index (χ0n) is 15.3. The van der Waals surface area contributed by atoms with E-state index in [4.69, 9.17) is 4.74 Å². The minimum absolute atomic E-state index is 0.0389. The molecule has 0 radical (unpaired) electrons. The van der Waals surface area contributed by atoms with Crippen molar-refractivity contribution in [2.24, 2.45) is 0 Å². The third-order valence-corrected chi connectivity index (χ3v) is 4.61. The van der Waals surface area contributed by atoms with Crippen molar-refractivity contribution >= 4 is 28.6 Å². The van der Waals surface area contributed by atoms with Crippen LogP contribution in [-0.2, 0) is 0 Å². The summed E-state index contributed by atoms with van der Waals surface area (Å²) in [5, 5.41) is 2.81. The Bertz CT molecular complexity index is 728. The topological polar surface area (TPSA) is 58.6 Å². The zero-order chi connectivity index (χ0) is 18.9. The van der Waals surface area contributed by atoms with Crippen LogP contribution in [0.25, 0.3) is 0 Å². The van der Waals surface area contributed by atoms with Gasteiger partial charge in [-0.2, -0.15) is 0 Å². The molecule has 0 bridgehead atoms. The van der Waals surface area contributed by atoms with Crippen molar-refractivity contribution in [2.45, 2.75) is 24.7 Å². The fourth-order valence-electron chi connectivity index (χ4n) is 2.04. The summed E-state index contributed by atoms with van der Waals surface area (Å²) in [6.07, 6.45) is 2.09. The number of thioether (sulfide) groups is 1. The van der Waals surface area contributed by atoms with Crippen molar-refractivity contribution in [3.8, 4) is 5.75 Å². The maximum Gasteiger partial charge on any atom is 0.285 e. The van der Waals surface area contributed by atoms with Crippen LogP contribution in [0.4, 0.5) is 10.5 Å². The molecule has 1 N–H and O–H groups in total. The first kappa shape index (κ1) is 19.8. The molecule has 2 amide bonds. The maximum absolute atomic E-state index is 12.3. The molecule has 6 heteroatoms. The lowest BCUT2D eigenvalue weighted by Gasteiger charge is -2.10. The van der Waals surface area contributed by atoms with Gasteiger partial charge in [-0.3, -0.25) is 9.59 Å². The average molecular weight is 372 g/mol. The Morgan fingerprint density at radius 2 is 1.69 bits per heavy atom. The first-order chi connectivity index (χ1) is 12.5. The monoisotopic (exact) mass is 372 g/mol. The predicted molar refractivity (Wildman–Crippen MR) is 106 cm³/mol. The van der Waals surface area contributed by atoms with Crippen LogP contribution in [0, 0.1) is 0 Å². The summed E-state index contributed by atoms with van der Waals surface area (Å²) in [6.45, 7) is 2.80. The van der Waals surface area contributed by atoms with E-state index in [2.05, 4.69) is 12.2 Å². The fraction of sp³-hybridized carbons (Fsp3) is 0.300. The van der Waals surface area contributed by atoms with Crippen LogP contribution < -0.4 is 10.1 Å². The molecule has 0 fully saturated rings. The van der Waals surface area contributed by atoms with Crippen LogP contribution in [0.5, 0.6) is 5.75 Å². The third kappa shape index (κ3) is 6.11. The molecule has 2 aromatic rings. The lowest BCUT2D eigenvalue weighted by atomic mass is 10.2. The summed E-state index contributed by atoms with van der Waals surface area (Å²) in [5.74, 6) is 0.580. The van der Waals surface area contributed by atoms with Gasteiger partial charge < -0.3 is 15.0 Å². The molecule has 0 atom stereocenters. The summed E-state index contributed by atoms with van der Waals surface area (Å²) < 4.78 is 5.60. The van der Waals surface area contributed by atoms with E-state index in [1.807, 2.05) is 12.1 Å². The van der Waals surface area contributed by atoms with Crippen molar-refractivity contribution in [3.63, 3.8) is 0 Å². The molecular formula is C20H24N2O3S. The lowest BCUT2D eigenvalue weighted by Crippen LogP contribution is -2.16. The van der Waals surface area contributed by atoms with Crippen molar-refractivity contribution < 1.29 is 14.3 Å². The molecule has 0 aliphatic heterocycles. The van der Waals surface area contributed by atoms with Crippen molar-refractivity contribution in [1.82, 2.24) is 4.90 Å². The Kier molecular flexibility index (Phi) is 7.53. The Hall–Kier alpha value is -2.47. The normalized spacial score (nSPS) is 10.3. The first-order valence-corrected chi connectivity index (χ1v) is 9.34. The number of nitrogens with one attached hydrogen (secondary N) is 1. The number of rotatable bonds is 7. The molecule has 0 aromatic heterocycles. The van der Waals surface area contributed by atoms with E-state index in [0.29, 0.717) is 17.9 Å². The molecule has 0 saturated heterocycles.